The predicted octanol–water partition coefficient (Wildman–Crippen LogP) is 3.16. The molecule has 0 bridgehead atoms. The lowest BCUT2D eigenvalue weighted by molar-refractivity contribution is 0.0946. The smallest absolute Gasteiger partial charge is 0.272 e. The first kappa shape index (κ1) is 15.9. The Morgan fingerprint density at radius 3 is 2.96 bits per heavy atom. The number of amides is 1. The van der Waals surface area contributed by atoms with Gasteiger partial charge in [0.15, 0.2) is 11.5 Å². The fraction of sp³-hybridized carbons (Fsp3) is 0.105. The van der Waals surface area contributed by atoms with E-state index < -0.39 is 0 Å². The highest BCUT2D eigenvalue weighted by molar-refractivity contribution is 6.04. The number of H-pyrrole nitrogens is 1. The summed E-state index contributed by atoms with van der Waals surface area (Å²) in [5, 5.41) is 14.5. The molecule has 0 spiro atoms. The second-order valence-corrected chi connectivity index (χ2v) is 5.71. The van der Waals surface area contributed by atoms with Crippen LogP contribution in [0.3, 0.4) is 0 Å². The lowest BCUT2D eigenvalue weighted by Gasteiger charge is -2.01. The van der Waals surface area contributed by atoms with Gasteiger partial charge in [-0.05, 0) is 18.2 Å². The topological polar surface area (TPSA) is 93.0 Å². The van der Waals surface area contributed by atoms with Crippen molar-refractivity contribution in [1.29, 1.82) is 0 Å². The van der Waals surface area contributed by atoms with Gasteiger partial charge in [-0.15, -0.1) is 0 Å². The van der Waals surface area contributed by atoms with Crippen LogP contribution in [-0.4, -0.2) is 28.4 Å². The molecule has 4 rings (SSSR count). The third-order valence-electron chi connectivity index (χ3n) is 4.03. The highest BCUT2D eigenvalue weighted by atomic mass is 16.5. The summed E-state index contributed by atoms with van der Waals surface area (Å²) in [6, 6.07) is 16.8. The summed E-state index contributed by atoms with van der Waals surface area (Å²) in [5.74, 6) is 1.07. The molecule has 0 radical (unpaired) electrons. The van der Waals surface area contributed by atoms with Gasteiger partial charge in [0.2, 0.25) is 0 Å². The number of ether oxygens (including phenoxy) is 1. The van der Waals surface area contributed by atoms with E-state index in [-0.39, 0.29) is 12.5 Å². The fourth-order valence-corrected chi connectivity index (χ4v) is 2.70. The van der Waals surface area contributed by atoms with E-state index >= 15 is 0 Å². The molecule has 0 aliphatic carbocycles. The van der Waals surface area contributed by atoms with Crippen molar-refractivity contribution in [3.63, 3.8) is 0 Å². The van der Waals surface area contributed by atoms with Gasteiger partial charge < -0.3 is 14.6 Å². The van der Waals surface area contributed by atoms with Crippen LogP contribution in [0.2, 0.25) is 0 Å². The van der Waals surface area contributed by atoms with Crippen LogP contribution in [-0.2, 0) is 6.54 Å². The summed E-state index contributed by atoms with van der Waals surface area (Å²) < 4.78 is 10.6. The Kier molecular flexibility index (Phi) is 4.10. The SMILES string of the molecule is COc1cccc(-c2cc(CNC(=O)c3n[nH]c4ccccc34)no2)c1. The first-order chi connectivity index (χ1) is 12.7. The number of fused-ring (bicyclic) bond motifs is 1. The number of aromatic nitrogens is 3. The molecule has 2 heterocycles. The van der Waals surface area contributed by atoms with E-state index in [1.807, 2.05) is 48.5 Å². The quantitative estimate of drug-likeness (QED) is 0.578. The summed E-state index contributed by atoms with van der Waals surface area (Å²) in [6.07, 6.45) is 0. The van der Waals surface area contributed by atoms with Gasteiger partial charge in [-0.2, -0.15) is 5.10 Å². The average molecular weight is 348 g/mol. The van der Waals surface area contributed by atoms with Crippen LogP contribution in [0.5, 0.6) is 5.75 Å². The number of carbonyl (C=O) groups is 1. The van der Waals surface area contributed by atoms with Gasteiger partial charge in [-0.1, -0.05) is 35.5 Å². The van der Waals surface area contributed by atoms with Crippen LogP contribution < -0.4 is 10.1 Å². The van der Waals surface area contributed by atoms with E-state index in [4.69, 9.17) is 9.26 Å². The summed E-state index contributed by atoms with van der Waals surface area (Å²) in [4.78, 5) is 12.4. The number of rotatable bonds is 5. The Hall–Kier alpha value is -3.61. The Bertz CT molecular complexity index is 1070. The van der Waals surface area contributed by atoms with Crippen LogP contribution in [0.1, 0.15) is 16.2 Å². The monoisotopic (exact) mass is 348 g/mol. The molecule has 7 heteroatoms. The minimum absolute atomic E-state index is 0.244. The maximum atomic E-state index is 12.4. The van der Waals surface area contributed by atoms with Gasteiger partial charge in [0, 0.05) is 17.0 Å². The van der Waals surface area contributed by atoms with Crippen molar-refractivity contribution in [3.05, 3.63) is 66.0 Å². The maximum absolute atomic E-state index is 12.4. The maximum Gasteiger partial charge on any atom is 0.272 e. The van der Waals surface area contributed by atoms with Crippen molar-refractivity contribution >= 4 is 16.8 Å². The van der Waals surface area contributed by atoms with Crippen LogP contribution in [0.25, 0.3) is 22.2 Å². The molecule has 0 aliphatic rings. The largest absolute Gasteiger partial charge is 0.497 e. The summed E-state index contributed by atoms with van der Waals surface area (Å²) in [6.45, 7) is 0.244. The third-order valence-corrected chi connectivity index (χ3v) is 4.03. The van der Waals surface area contributed by atoms with Crippen molar-refractivity contribution in [2.45, 2.75) is 6.54 Å². The van der Waals surface area contributed by atoms with E-state index in [0.29, 0.717) is 17.1 Å². The standard InChI is InChI=1S/C19H16N4O3/c1-25-14-6-4-5-12(9-14)17-10-13(23-26-17)11-20-19(24)18-15-7-2-3-8-16(15)21-22-18/h2-10H,11H2,1H3,(H,20,24)(H,21,22). The van der Waals surface area contributed by atoms with Gasteiger partial charge in [0.25, 0.3) is 5.91 Å². The van der Waals surface area contributed by atoms with Crippen molar-refractivity contribution in [1.82, 2.24) is 20.7 Å². The molecule has 1 amide bonds. The molecule has 0 unspecified atom stereocenters. The number of nitrogens with zero attached hydrogens (tertiary/aromatic N) is 2. The van der Waals surface area contributed by atoms with Crippen molar-refractivity contribution in [2.75, 3.05) is 7.11 Å². The normalized spacial score (nSPS) is 10.8. The Labute approximate surface area is 149 Å². The number of para-hydroxylation sites is 1. The van der Waals surface area contributed by atoms with Crippen molar-refractivity contribution < 1.29 is 14.1 Å². The highest BCUT2D eigenvalue weighted by Crippen LogP contribution is 2.24. The zero-order chi connectivity index (χ0) is 17.9. The van der Waals surface area contributed by atoms with Crippen LogP contribution in [0.15, 0.2) is 59.1 Å². The lowest BCUT2D eigenvalue weighted by Crippen LogP contribution is -2.23. The highest BCUT2D eigenvalue weighted by Gasteiger charge is 2.14. The Morgan fingerprint density at radius 1 is 1.19 bits per heavy atom. The molecule has 2 aromatic carbocycles. The molecular formula is C19H16N4O3. The first-order valence-electron chi connectivity index (χ1n) is 8.06. The minimum Gasteiger partial charge on any atom is -0.497 e. The molecule has 2 N–H and O–H groups in total. The number of aromatic amines is 1. The summed E-state index contributed by atoms with van der Waals surface area (Å²) in [7, 11) is 1.61. The second-order valence-electron chi connectivity index (χ2n) is 5.71. The Morgan fingerprint density at radius 2 is 2.08 bits per heavy atom. The molecule has 0 saturated carbocycles. The number of carbonyl (C=O) groups excluding carboxylic acids is 1. The number of methoxy groups -OCH3 is 1. The Balaban J connectivity index is 1.47. The summed E-state index contributed by atoms with van der Waals surface area (Å²) in [5.41, 5.74) is 2.65. The van der Waals surface area contributed by atoms with E-state index in [1.165, 1.54) is 0 Å². The van der Waals surface area contributed by atoms with Crippen molar-refractivity contribution in [3.8, 4) is 17.1 Å². The van der Waals surface area contributed by atoms with Crippen LogP contribution >= 0.6 is 0 Å². The third kappa shape index (κ3) is 3.02. The van der Waals surface area contributed by atoms with E-state index in [0.717, 1.165) is 22.2 Å². The van der Waals surface area contributed by atoms with Gasteiger partial charge in [0.05, 0.1) is 19.2 Å². The molecule has 0 atom stereocenters. The fourth-order valence-electron chi connectivity index (χ4n) is 2.70. The second kappa shape index (κ2) is 6.72. The molecule has 0 fully saturated rings. The minimum atomic E-state index is -0.270. The van der Waals surface area contributed by atoms with Gasteiger partial charge in [0.1, 0.15) is 11.4 Å². The molecule has 2 aromatic heterocycles. The molecule has 7 nitrogen and oxygen atoms in total. The van der Waals surface area contributed by atoms with Gasteiger partial charge >= 0.3 is 0 Å². The van der Waals surface area contributed by atoms with Gasteiger partial charge in [-0.3, -0.25) is 9.89 Å². The summed E-state index contributed by atoms with van der Waals surface area (Å²) >= 11 is 0. The van der Waals surface area contributed by atoms with Crippen LogP contribution in [0.4, 0.5) is 0 Å². The molecule has 26 heavy (non-hydrogen) atoms. The van der Waals surface area contributed by atoms with E-state index in [1.54, 1.807) is 13.2 Å². The molecule has 4 aromatic rings. The zero-order valence-corrected chi connectivity index (χ0v) is 14.0. The predicted molar refractivity (Wildman–Crippen MR) is 95.8 cm³/mol. The van der Waals surface area contributed by atoms with Crippen LogP contribution in [0, 0.1) is 0 Å². The number of nitrogens with one attached hydrogen (secondary N) is 2. The van der Waals surface area contributed by atoms with Gasteiger partial charge in [-0.25, -0.2) is 0 Å². The van der Waals surface area contributed by atoms with E-state index in [9.17, 15) is 4.79 Å². The lowest BCUT2D eigenvalue weighted by atomic mass is 10.1. The zero-order valence-electron chi connectivity index (χ0n) is 14.0. The molecule has 130 valence electrons. The average Bonchev–Trinajstić information content (AvgIpc) is 3.33. The van der Waals surface area contributed by atoms with Crippen molar-refractivity contribution in [2.24, 2.45) is 0 Å². The number of hydrogen-bond acceptors (Lipinski definition) is 5. The number of benzene rings is 2. The first-order valence-corrected chi connectivity index (χ1v) is 8.06. The molecule has 0 aliphatic heterocycles. The van der Waals surface area contributed by atoms with E-state index in [2.05, 4.69) is 20.7 Å². The molecular weight excluding hydrogens is 332 g/mol. The number of hydrogen-bond donors (Lipinski definition) is 2. The molecule has 0 saturated heterocycles.